The molecule has 1 aromatic rings. The Morgan fingerprint density at radius 3 is 2.42 bits per heavy atom. The van der Waals surface area contributed by atoms with Crippen LogP contribution < -0.4 is 0 Å². The monoisotopic (exact) mass is 502 g/mol. The van der Waals surface area contributed by atoms with Crippen molar-refractivity contribution in [3.05, 3.63) is 52.4 Å². The summed E-state index contributed by atoms with van der Waals surface area (Å²) in [6.45, 7) is 12.7. The Morgan fingerprint density at radius 1 is 1.17 bits per heavy atom. The molecule has 24 heavy (non-hydrogen) atoms. The van der Waals surface area contributed by atoms with E-state index in [-0.39, 0.29) is 43.0 Å². The molecule has 0 fully saturated rings. The van der Waals surface area contributed by atoms with Crippen LogP contribution in [0.3, 0.4) is 0 Å². The molecule has 0 saturated heterocycles. The molecule has 2 aliphatic rings. The molecular formula is C19H23IrN3O-2. The van der Waals surface area contributed by atoms with Crippen LogP contribution in [0.4, 0.5) is 0 Å². The predicted molar refractivity (Wildman–Crippen MR) is 91.3 cm³/mol. The van der Waals surface area contributed by atoms with Crippen LogP contribution in [0.15, 0.2) is 24.0 Å². The molecule has 3 rings (SSSR count). The standard InChI is InChI=1S/C19H24N3O.Ir/c1-18(2,3)14-8-7-12-13(20-14)9-10-22-15(19(4,5)6)11-16(23)21-17(12)22;/h8-11,17H,1-6H3,(H,21,23);/q-1;/p-1. The topological polar surface area (TPSA) is 47.3 Å². The summed E-state index contributed by atoms with van der Waals surface area (Å²) in [6.07, 6.45) is 5.24. The second kappa shape index (κ2) is 6.12. The Balaban J connectivity index is 0.00000208. The minimum Gasteiger partial charge on any atom is -0.628 e. The van der Waals surface area contributed by atoms with E-state index in [9.17, 15) is 4.79 Å². The molecule has 4 nitrogen and oxygen atoms in total. The normalized spacial score (nSPS) is 19.8. The summed E-state index contributed by atoms with van der Waals surface area (Å²) < 4.78 is 0. The van der Waals surface area contributed by atoms with Crippen LogP contribution in [-0.2, 0) is 30.3 Å². The van der Waals surface area contributed by atoms with Gasteiger partial charge in [-0.3, -0.25) is 0 Å². The maximum absolute atomic E-state index is 12.1. The summed E-state index contributed by atoms with van der Waals surface area (Å²) in [6, 6.07) is 5.25. The third kappa shape index (κ3) is 3.33. The first-order valence-electron chi connectivity index (χ1n) is 7.94. The van der Waals surface area contributed by atoms with Crippen molar-refractivity contribution in [2.24, 2.45) is 5.41 Å². The predicted octanol–water partition coefficient (Wildman–Crippen LogP) is 4.31. The van der Waals surface area contributed by atoms with E-state index in [1.54, 1.807) is 6.08 Å². The van der Waals surface area contributed by atoms with Crippen molar-refractivity contribution < 1.29 is 24.9 Å². The fourth-order valence-electron chi connectivity index (χ4n) is 2.82. The molecule has 1 unspecified atom stereocenters. The third-order valence-electron chi connectivity index (χ3n) is 4.12. The van der Waals surface area contributed by atoms with Gasteiger partial charge in [0, 0.05) is 31.2 Å². The summed E-state index contributed by atoms with van der Waals surface area (Å²) in [7, 11) is 0. The van der Waals surface area contributed by atoms with Crippen LogP contribution in [0.2, 0.25) is 0 Å². The van der Waals surface area contributed by atoms with Crippen molar-refractivity contribution in [3.8, 4) is 0 Å². The Bertz CT molecular complexity index is 723. The average Bonchev–Trinajstić information content (AvgIpc) is 2.43. The average molecular weight is 502 g/mol. The van der Waals surface area contributed by atoms with E-state index in [1.165, 1.54) is 0 Å². The van der Waals surface area contributed by atoms with Gasteiger partial charge in [-0.25, -0.2) is 0 Å². The number of aromatic nitrogens is 1. The summed E-state index contributed by atoms with van der Waals surface area (Å²) >= 11 is 0. The number of hydrogen-bond acceptors (Lipinski definition) is 3. The number of fused-ring (bicyclic) bond motifs is 3. The second-order valence-corrected chi connectivity index (χ2v) is 8.18. The SMILES string of the molecule is CC(C)(C)C1=CC(=O)[N-]C2c3[c-]cc(C(C)(C)C)nc3C=CN12.[Ir]. The van der Waals surface area contributed by atoms with Crippen molar-refractivity contribution in [1.29, 1.82) is 0 Å². The fraction of sp³-hybridized carbons (Fsp3) is 0.474. The van der Waals surface area contributed by atoms with E-state index in [1.807, 2.05) is 18.3 Å². The first kappa shape index (κ1) is 18.9. The van der Waals surface area contributed by atoms with Gasteiger partial charge in [0.2, 0.25) is 0 Å². The van der Waals surface area contributed by atoms with Crippen LogP contribution in [0.5, 0.6) is 0 Å². The van der Waals surface area contributed by atoms with Crippen molar-refractivity contribution in [3.63, 3.8) is 0 Å². The molecule has 2 aliphatic heterocycles. The number of carbonyl (C=O) groups excluding carboxylic acids is 1. The second-order valence-electron chi connectivity index (χ2n) is 8.18. The number of pyridine rings is 1. The van der Waals surface area contributed by atoms with Gasteiger partial charge in [0.1, 0.15) is 0 Å². The van der Waals surface area contributed by atoms with E-state index in [0.717, 1.165) is 22.6 Å². The van der Waals surface area contributed by atoms with Gasteiger partial charge in [-0.2, -0.15) is 12.1 Å². The maximum atomic E-state index is 12.1. The largest absolute Gasteiger partial charge is 0.628 e. The van der Waals surface area contributed by atoms with Crippen molar-refractivity contribution in [2.75, 3.05) is 0 Å². The molecule has 0 aromatic carbocycles. The molecule has 0 saturated carbocycles. The summed E-state index contributed by atoms with van der Waals surface area (Å²) in [5, 5.41) is 4.29. The zero-order chi connectivity index (χ0) is 17.0. The van der Waals surface area contributed by atoms with Crippen molar-refractivity contribution >= 4 is 12.0 Å². The van der Waals surface area contributed by atoms with Gasteiger partial charge in [0.25, 0.3) is 0 Å². The summed E-state index contributed by atoms with van der Waals surface area (Å²) in [4.78, 5) is 18.9. The van der Waals surface area contributed by atoms with Crippen LogP contribution in [0.25, 0.3) is 11.4 Å². The Labute approximate surface area is 157 Å². The molecule has 5 heteroatoms. The molecule has 0 N–H and O–H groups in total. The molecule has 1 amide bonds. The zero-order valence-electron chi connectivity index (χ0n) is 15.0. The molecular weight excluding hydrogens is 478 g/mol. The maximum Gasteiger partial charge on any atom is 0.0780 e. The van der Waals surface area contributed by atoms with E-state index in [0.29, 0.717) is 0 Å². The number of carbonyl (C=O) groups is 1. The first-order valence-corrected chi connectivity index (χ1v) is 7.94. The summed E-state index contributed by atoms with van der Waals surface area (Å²) in [5.41, 5.74) is 3.51. The van der Waals surface area contributed by atoms with Gasteiger partial charge in [-0.05, 0) is 29.6 Å². The molecule has 0 spiro atoms. The molecule has 1 radical (unpaired) electrons. The molecule has 131 valence electrons. The van der Waals surface area contributed by atoms with Crippen LogP contribution in [-0.4, -0.2) is 15.8 Å². The van der Waals surface area contributed by atoms with Crippen molar-refractivity contribution in [2.45, 2.75) is 53.1 Å². The minimum absolute atomic E-state index is 0. The number of amides is 1. The molecule has 1 atom stereocenters. The Kier molecular flexibility index (Phi) is 4.82. The quantitative estimate of drug-likeness (QED) is 0.498. The molecule has 1 aromatic heterocycles. The van der Waals surface area contributed by atoms with Gasteiger partial charge in [0.05, 0.1) is 5.91 Å². The van der Waals surface area contributed by atoms with Crippen LogP contribution >= 0.6 is 0 Å². The smallest absolute Gasteiger partial charge is 0.0780 e. The minimum atomic E-state index is -0.358. The van der Waals surface area contributed by atoms with E-state index in [4.69, 9.17) is 4.98 Å². The number of hydrogen-bond donors (Lipinski definition) is 0. The van der Waals surface area contributed by atoms with E-state index in [2.05, 4.69) is 57.8 Å². The Hall–Kier alpha value is -1.45. The van der Waals surface area contributed by atoms with E-state index >= 15 is 0 Å². The number of nitrogens with zero attached hydrogens (tertiary/aromatic N) is 3. The number of allylic oxidation sites excluding steroid dienone is 1. The summed E-state index contributed by atoms with van der Waals surface area (Å²) in [5.74, 6) is -0.189. The van der Waals surface area contributed by atoms with Gasteiger partial charge in [0.15, 0.2) is 0 Å². The molecule has 0 aliphatic carbocycles. The van der Waals surface area contributed by atoms with Gasteiger partial charge in [-0.1, -0.05) is 53.3 Å². The van der Waals surface area contributed by atoms with Crippen molar-refractivity contribution in [1.82, 2.24) is 9.88 Å². The fourth-order valence-corrected chi connectivity index (χ4v) is 2.82. The van der Waals surface area contributed by atoms with Crippen LogP contribution in [0, 0.1) is 11.5 Å². The first-order chi connectivity index (χ1) is 10.6. The molecule has 0 bridgehead atoms. The zero-order valence-corrected chi connectivity index (χ0v) is 17.4. The Morgan fingerprint density at radius 2 is 1.83 bits per heavy atom. The third-order valence-corrected chi connectivity index (χ3v) is 4.12. The van der Waals surface area contributed by atoms with E-state index < -0.39 is 0 Å². The van der Waals surface area contributed by atoms with Gasteiger partial charge >= 0.3 is 0 Å². The van der Waals surface area contributed by atoms with Gasteiger partial charge < -0.3 is 20.0 Å². The molecule has 3 heterocycles. The van der Waals surface area contributed by atoms with Gasteiger partial charge in [-0.15, -0.1) is 5.56 Å². The van der Waals surface area contributed by atoms with Crippen LogP contribution in [0.1, 0.15) is 64.7 Å². The number of rotatable bonds is 0.